The molecule has 0 saturated heterocycles. The monoisotopic (exact) mass is 488 g/mol. The van der Waals surface area contributed by atoms with Gasteiger partial charge >= 0.3 is 0 Å². The molecule has 0 radical (unpaired) electrons. The quantitative estimate of drug-likeness (QED) is 0.602. The summed E-state index contributed by atoms with van der Waals surface area (Å²) in [5.41, 5.74) is -1.63. The maximum atomic E-state index is 14.1. The van der Waals surface area contributed by atoms with Crippen molar-refractivity contribution in [3.8, 4) is 5.75 Å². The van der Waals surface area contributed by atoms with E-state index in [0.717, 1.165) is 6.42 Å². The number of hydrogen-bond acceptors (Lipinski definition) is 5. The fraction of sp³-hybridized carbons (Fsp3) is 0.400. The molecule has 1 saturated carbocycles. The summed E-state index contributed by atoms with van der Waals surface area (Å²) >= 11 is 5.78. The van der Waals surface area contributed by atoms with Crippen molar-refractivity contribution in [3.05, 3.63) is 74.4 Å². The Morgan fingerprint density at radius 3 is 2.79 bits per heavy atom. The number of nitrogens with zero attached hydrogens (tertiary/aromatic N) is 1. The lowest BCUT2D eigenvalue weighted by Gasteiger charge is -2.53. The number of Topliss-reactive ketones (excluding diaryl/α,β-unsaturated/α-hetero) is 1. The summed E-state index contributed by atoms with van der Waals surface area (Å²) in [6.07, 6.45) is 7.13. The van der Waals surface area contributed by atoms with Gasteiger partial charge in [-0.1, -0.05) is 42.8 Å². The van der Waals surface area contributed by atoms with Crippen molar-refractivity contribution in [2.75, 3.05) is 7.11 Å². The molecule has 0 bridgehead atoms. The van der Waals surface area contributed by atoms with Gasteiger partial charge in [0.05, 0.1) is 11.1 Å². The molecule has 1 fully saturated rings. The fourth-order valence-corrected chi connectivity index (χ4v) is 5.17. The van der Waals surface area contributed by atoms with Crippen molar-refractivity contribution in [2.24, 2.45) is 11.3 Å². The molecule has 2 heterocycles. The molecule has 1 aromatic carbocycles. The second-order valence-corrected chi connectivity index (χ2v) is 9.31. The average molecular weight is 489 g/mol. The Kier molecular flexibility index (Phi) is 6.64. The molecular weight excluding hydrogens is 463 g/mol. The second kappa shape index (κ2) is 9.35. The highest BCUT2D eigenvalue weighted by Crippen LogP contribution is 2.54. The van der Waals surface area contributed by atoms with E-state index in [1.54, 1.807) is 13.2 Å². The smallest absolute Gasteiger partial charge is 0.257 e. The number of ketones is 1. The Labute approximate surface area is 201 Å². The number of amides is 1. The molecule has 9 heteroatoms. The number of carbonyl (C=O) groups is 2. The fourth-order valence-electron chi connectivity index (χ4n) is 4.97. The van der Waals surface area contributed by atoms with Crippen LogP contribution in [0.4, 0.5) is 4.39 Å². The van der Waals surface area contributed by atoms with Gasteiger partial charge in [-0.05, 0) is 25.3 Å². The van der Waals surface area contributed by atoms with E-state index < -0.39 is 34.2 Å². The van der Waals surface area contributed by atoms with Crippen molar-refractivity contribution in [3.63, 3.8) is 0 Å². The van der Waals surface area contributed by atoms with Gasteiger partial charge in [0.2, 0.25) is 5.43 Å². The molecule has 1 spiro atoms. The van der Waals surface area contributed by atoms with Crippen LogP contribution < -0.4 is 10.7 Å². The third-order valence-corrected chi connectivity index (χ3v) is 7.09. The van der Waals surface area contributed by atoms with Crippen molar-refractivity contribution in [1.29, 1.82) is 0 Å². The highest BCUT2D eigenvalue weighted by atomic mass is 35.5. The normalized spacial score (nSPS) is 23.7. The van der Waals surface area contributed by atoms with Crippen LogP contribution in [0.1, 0.15) is 52.6 Å². The Morgan fingerprint density at radius 1 is 1.38 bits per heavy atom. The van der Waals surface area contributed by atoms with E-state index in [1.165, 1.54) is 22.9 Å². The zero-order valence-electron chi connectivity index (χ0n) is 18.9. The zero-order valence-corrected chi connectivity index (χ0v) is 19.7. The van der Waals surface area contributed by atoms with Crippen LogP contribution in [0.25, 0.3) is 0 Å². The number of carbonyl (C=O) groups excluding carboxylic acids is 2. The maximum absolute atomic E-state index is 14.1. The van der Waals surface area contributed by atoms with Crippen LogP contribution in [0.5, 0.6) is 5.75 Å². The first-order chi connectivity index (χ1) is 16.2. The summed E-state index contributed by atoms with van der Waals surface area (Å²) in [5.74, 6) is -3.04. The number of aromatic nitrogens is 1. The van der Waals surface area contributed by atoms with Gasteiger partial charge in [-0.15, -0.1) is 0 Å². The number of halogens is 2. The summed E-state index contributed by atoms with van der Waals surface area (Å²) in [6.45, 7) is 2.12. The first-order valence-corrected chi connectivity index (χ1v) is 11.5. The lowest BCUT2D eigenvalue weighted by molar-refractivity contribution is -0.0873. The van der Waals surface area contributed by atoms with Gasteiger partial charge in [0.1, 0.15) is 17.1 Å². The number of hydrogen-bond donors (Lipinski definition) is 2. The number of rotatable bonds is 6. The summed E-state index contributed by atoms with van der Waals surface area (Å²) in [7, 11) is 1.63. The van der Waals surface area contributed by atoms with Crippen LogP contribution in [-0.2, 0) is 17.8 Å². The highest BCUT2D eigenvalue weighted by Gasteiger charge is 2.55. The number of nitrogens with one attached hydrogen (secondary N) is 1. The molecule has 2 N–H and O–H groups in total. The van der Waals surface area contributed by atoms with E-state index in [4.69, 9.17) is 16.3 Å². The number of methoxy groups -OCH3 is 1. The number of benzene rings is 1. The lowest BCUT2D eigenvalue weighted by atomic mass is 9.56. The van der Waals surface area contributed by atoms with Crippen LogP contribution >= 0.6 is 11.6 Å². The third kappa shape index (κ3) is 4.05. The van der Waals surface area contributed by atoms with Gasteiger partial charge in [0.25, 0.3) is 5.91 Å². The molecule has 2 aliphatic rings. The SMILES string of the molecule is CC/C=C/[C@H]1C(=O)c2c(O)c(=O)c(C(=O)NCc3cccc(Cl)c3F)cn2CC12CC(OC)C2. The molecule has 4 rings (SSSR count). The predicted octanol–water partition coefficient (Wildman–Crippen LogP) is 3.85. The first-order valence-electron chi connectivity index (χ1n) is 11.1. The van der Waals surface area contributed by atoms with Gasteiger partial charge in [0, 0.05) is 43.3 Å². The summed E-state index contributed by atoms with van der Waals surface area (Å²) < 4.78 is 21.1. The molecule has 34 heavy (non-hydrogen) atoms. The standard InChI is InChI=1S/C25H26ClFN2O5/c1-3-4-7-17-22(31)20-23(32)21(30)16(12-29(20)13-25(17)9-15(10-25)34-2)24(33)28-11-14-6-5-8-18(26)19(14)27/h4-8,12,15,17,32H,3,9-11,13H2,1-2H3,(H,28,33)/b7-4+/t15?,17-,25?/m0/s1. The molecule has 1 aliphatic carbocycles. The van der Waals surface area contributed by atoms with Crippen LogP contribution in [0, 0.1) is 17.2 Å². The van der Waals surface area contributed by atoms with Gasteiger partial charge in [-0.2, -0.15) is 0 Å². The number of ether oxygens (including phenoxy) is 1. The molecule has 1 atom stereocenters. The minimum absolute atomic E-state index is 0.0233. The van der Waals surface area contributed by atoms with E-state index in [1.807, 2.05) is 19.1 Å². The molecule has 1 aliphatic heterocycles. The Bertz CT molecular complexity index is 1230. The summed E-state index contributed by atoms with van der Waals surface area (Å²) in [5, 5.41) is 13.1. The molecule has 1 aromatic heterocycles. The van der Waals surface area contributed by atoms with Crippen LogP contribution in [0.3, 0.4) is 0 Å². The van der Waals surface area contributed by atoms with Crippen molar-refractivity contribution >= 4 is 23.3 Å². The van der Waals surface area contributed by atoms with Crippen LogP contribution in [0.15, 0.2) is 41.3 Å². The Morgan fingerprint density at radius 2 is 2.12 bits per heavy atom. The Balaban J connectivity index is 1.67. The second-order valence-electron chi connectivity index (χ2n) is 8.90. The number of aromatic hydroxyl groups is 1. The highest BCUT2D eigenvalue weighted by molar-refractivity contribution is 6.30. The maximum Gasteiger partial charge on any atom is 0.257 e. The summed E-state index contributed by atoms with van der Waals surface area (Å²) in [6, 6.07) is 4.40. The topological polar surface area (TPSA) is 97.6 Å². The molecular formula is C25H26ClFN2O5. The molecule has 2 aromatic rings. The van der Waals surface area contributed by atoms with Crippen LogP contribution in [-0.4, -0.2) is 34.6 Å². The molecule has 1 amide bonds. The van der Waals surface area contributed by atoms with E-state index in [9.17, 15) is 23.9 Å². The van der Waals surface area contributed by atoms with Crippen LogP contribution in [0.2, 0.25) is 5.02 Å². The van der Waals surface area contributed by atoms with E-state index in [2.05, 4.69) is 5.32 Å². The number of pyridine rings is 1. The first kappa shape index (κ1) is 24.2. The van der Waals surface area contributed by atoms with E-state index >= 15 is 0 Å². The van der Waals surface area contributed by atoms with Crippen molar-refractivity contribution in [2.45, 2.75) is 45.4 Å². The number of fused-ring (bicyclic) bond motifs is 1. The number of allylic oxidation sites excluding steroid dienone is 2. The van der Waals surface area contributed by atoms with Gasteiger partial charge in [0.15, 0.2) is 11.5 Å². The van der Waals surface area contributed by atoms with Crippen molar-refractivity contribution in [1.82, 2.24) is 9.88 Å². The van der Waals surface area contributed by atoms with Gasteiger partial charge < -0.3 is 19.7 Å². The minimum atomic E-state index is -0.943. The molecule has 180 valence electrons. The largest absolute Gasteiger partial charge is 0.503 e. The minimum Gasteiger partial charge on any atom is -0.503 e. The molecule has 0 unspecified atom stereocenters. The van der Waals surface area contributed by atoms with E-state index in [-0.39, 0.29) is 40.3 Å². The summed E-state index contributed by atoms with van der Waals surface area (Å²) in [4.78, 5) is 39.0. The van der Waals surface area contributed by atoms with Gasteiger partial charge in [-0.3, -0.25) is 14.4 Å². The van der Waals surface area contributed by atoms with E-state index in [0.29, 0.717) is 19.4 Å². The Hall–Kier alpha value is -2.97. The predicted molar refractivity (Wildman–Crippen MR) is 125 cm³/mol. The third-order valence-electron chi connectivity index (χ3n) is 6.80. The average Bonchev–Trinajstić information content (AvgIpc) is 2.79. The van der Waals surface area contributed by atoms with Crippen molar-refractivity contribution < 1.29 is 23.8 Å². The zero-order chi connectivity index (χ0) is 24.6. The van der Waals surface area contributed by atoms with Gasteiger partial charge in [-0.25, -0.2) is 4.39 Å². The molecule has 7 nitrogen and oxygen atoms in total. The lowest BCUT2D eigenvalue weighted by Crippen LogP contribution is -2.55.